The molecule has 3 heterocycles. The first kappa shape index (κ1) is 24.1. The van der Waals surface area contributed by atoms with E-state index in [4.69, 9.17) is 14.5 Å². The summed E-state index contributed by atoms with van der Waals surface area (Å²) in [6, 6.07) is 2.10. The summed E-state index contributed by atoms with van der Waals surface area (Å²) in [4.78, 5) is 21.6. The molecule has 1 saturated carbocycles. The number of pyridine rings is 2. The fraction of sp³-hybridized carbons (Fsp3) is 0.481. The molecule has 4 rings (SSSR count). The van der Waals surface area contributed by atoms with Gasteiger partial charge in [0.25, 0.3) is 0 Å². The van der Waals surface area contributed by atoms with E-state index >= 15 is 0 Å². The van der Waals surface area contributed by atoms with Crippen molar-refractivity contribution in [3.05, 3.63) is 47.6 Å². The number of ether oxygens (including phenoxy) is 2. The quantitative estimate of drug-likeness (QED) is 0.309. The smallest absolute Gasteiger partial charge is 0.330 e. The Balaban J connectivity index is 1.79. The number of aromatic nitrogens is 4. The molecule has 3 aromatic rings. The van der Waals surface area contributed by atoms with Crippen LogP contribution in [0.3, 0.4) is 0 Å². The molecule has 0 N–H and O–H groups in total. The largest absolute Gasteiger partial charge is 0.463 e. The van der Waals surface area contributed by atoms with E-state index < -0.39 is 0 Å². The summed E-state index contributed by atoms with van der Waals surface area (Å²) in [6.07, 6.45) is 15.1. The van der Waals surface area contributed by atoms with Gasteiger partial charge in [-0.3, -0.25) is 4.98 Å². The van der Waals surface area contributed by atoms with Crippen molar-refractivity contribution in [3.8, 4) is 11.1 Å². The van der Waals surface area contributed by atoms with Gasteiger partial charge in [-0.25, -0.2) is 14.5 Å². The van der Waals surface area contributed by atoms with Crippen LogP contribution in [-0.2, 0) is 27.4 Å². The first-order chi connectivity index (χ1) is 16.6. The fourth-order valence-electron chi connectivity index (χ4n) is 4.69. The van der Waals surface area contributed by atoms with Gasteiger partial charge < -0.3 is 9.47 Å². The molecular weight excluding hydrogens is 428 g/mol. The molecule has 34 heavy (non-hydrogen) atoms. The summed E-state index contributed by atoms with van der Waals surface area (Å²) in [5, 5.41) is 5.49. The first-order valence-corrected chi connectivity index (χ1v) is 12.3. The van der Waals surface area contributed by atoms with E-state index in [1.807, 2.05) is 30.2 Å². The van der Waals surface area contributed by atoms with Gasteiger partial charge in [-0.05, 0) is 57.2 Å². The Kier molecular flexibility index (Phi) is 8.06. The Hall–Kier alpha value is -3.06. The van der Waals surface area contributed by atoms with E-state index in [9.17, 15) is 4.79 Å². The number of hydrogen-bond donors (Lipinski definition) is 0. The first-order valence-electron chi connectivity index (χ1n) is 12.3. The summed E-state index contributed by atoms with van der Waals surface area (Å²) in [6.45, 7) is 8.01. The Morgan fingerprint density at radius 2 is 2.00 bits per heavy atom. The van der Waals surface area contributed by atoms with Crippen molar-refractivity contribution in [3.63, 3.8) is 0 Å². The molecule has 1 aliphatic rings. The number of rotatable bonds is 9. The molecule has 0 unspecified atom stereocenters. The molecule has 7 nitrogen and oxygen atoms in total. The molecule has 0 amide bonds. The van der Waals surface area contributed by atoms with Gasteiger partial charge in [0.15, 0.2) is 5.65 Å². The maximum atomic E-state index is 12.2. The minimum atomic E-state index is -0.380. The molecule has 1 aliphatic carbocycles. The third-order valence-corrected chi connectivity index (χ3v) is 6.35. The highest BCUT2D eigenvalue weighted by Crippen LogP contribution is 2.35. The Morgan fingerprint density at radius 3 is 2.74 bits per heavy atom. The van der Waals surface area contributed by atoms with Crippen molar-refractivity contribution in [2.24, 2.45) is 5.92 Å². The van der Waals surface area contributed by atoms with Crippen molar-refractivity contribution in [2.75, 3.05) is 13.2 Å². The topological polar surface area (TPSA) is 79.1 Å². The van der Waals surface area contributed by atoms with Gasteiger partial charge >= 0.3 is 5.97 Å². The van der Waals surface area contributed by atoms with Crippen LogP contribution in [0.5, 0.6) is 0 Å². The molecule has 0 bridgehead atoms. The molecule has 1 fully saturated rings. The van der Waals surface area contributed by atoms with E-state index in [2.05, 4.69) is 23.1 Å². The second-order valence-electron chi connectivity index (χ2n) is 8.90. The van der Waals surface area contributed by atoms with E-state index in [0.717, 1.165) is 45.6 Å². The van der Waals surface area contributed by atoms with Crippen LogP contribution in [0.25, 0.3) is 28.2 Å². The fourth-order valence-corrected chi connectivity index (χ4v) is 4.69. The highest BCUT2D eigenvalue weighted by Gasteiger charge is 2.20. The van der Waals surface area contributed by atoms with Crippen LogP contribution in [-0.4, -0.2) is 38.9 Å². The van der Waals surface area contributed by atoms with Crippen LogP contribution in [0.2, 0.25) is 0 Å². The van der Waals surface area contributed by atoms with Gasteiger partial charge in [0.1, 0.15) is 0 Å². The van der Waals surface area contributed by atoms with Gasteiger partial charge in [-0.1, -0.05) is 19.3 Å². The number of aryl methyl sites for hydroxylation is 2. The number of fused-ring (bicyclic) bond motifs is 1. The van der Waals surface area contributed by atoms with E-state index in [0.29, 0.717) is 25.7 Å². The second kappa shape index (κ2) is 11.4. The number of nitrogens with zero attached hydrogens (tertiary/aromatic N) is 4. The third-order valence-electron chi connectivity index (χ3n) is 6.35. The molecule has 180 valence electrons. The standard InChI is InChI=1S/C27H34N4O3/c1-4-31-27-23(16-29-31)26(21-13-19(3)14-28-15-21)22(11-12-25(32)34-5-2)24(30-27)18-33-17-20-9-7-6-8-10-20/h11-16,20H,4-10,17-18H2,1-3H3. The van der Waals surface area contributed by atoms with Crippen LogP contribution in [0.1, 0.15) is 62.8 Å². The Morgan fingerprint density at radius 1 is 1.18 bits per heavy atom. The van der Waals surface area contributed by atoms with Gasteiger partial charge in [0.05, 0.1) is 25.1 Å². The van der Waals surface area contributed by atoms with Crippen molar-refractivity contribution in [1.29, 1.82) is 0 Å². The predicted octanol–water partition coefficient (Wildman–Crippen LogP) is 5.49. The van der Waals surface area contributed by atoms with Crippen LogP contribution >= 0.6 is 0 Å². The SMILES string of the molecule is CCOC(=O)C=Cc1c(COCC2CCCCC2)nc2c(cnn2CC)c1-c1cncc(C)c1. The Labute approximate surface area is 201 Å². The number of esters is 1. The lowest BCUT2D eigenvalue weighted by Gasteiger charge is -2.21. The second-order valence-corrected chi connectivity index (χ2v) is 8.90. The zero-order chi connectivity index (χ0) is 23.9. The summed E-state index contributed by atoms with van der Waals surface area (Å²) in [5.41, 5.74) is 5.41. The molecule has 7 heteroatoms. The molecule has 0 aromatic carbocycles. The molecule has 3 aromatic heterocycles. The summed E-state index contributed by atoms with van der Waals surface area (Å²) in [5.74, 6) is 0.229. The minimum Gasteiger partial charge on any atom is -0.463 e. The maximum Gasteiger partial charge on any atom is 0.330 e. The summed E-state index contributed by atoms with van der Waals surface area (Å²) >= 11 is 0. The van der Waals surface area contributed by atoms with Gasteiger partial charge in [0, 0.05) is 53.7 Å². The molecule has 0 aliphatic heterocycles. The van der Waals surface area contributed by atoms with Gasteiger partial charge in [-0.15, -0.1) is 0 Å². The maximum absolute atomic E-state index is 12.2. The minimum absolute atomic E-state index is 0.329. The van der Waals surface area contributed by atoms with Crippen LogP contribution in [0.4, 0.5) is 0 Å². The highest BCUT2D eigenvalue weighted by molar-refractivity contribution is 5.99. The average Bonchev–Trinajstić information content (AvgIpc) is 3.25. The number of carbonyl (C=O) groups excluding carboxylic acids is 1. The molecular formula is C27H34N4O3. The van der Waals surface area contributed by atoms with E-state index in [-0.39, 0.29) is 5.97 Å². The lowest BCUT2D eigenvalue weighted by molar-refractivity contribution is -0.137. The Bertz CT molecular complexity index is 1160. The van der Waals surface area contributed by atoms with Crippen molar-refractivity contribution in [2.45, 2.75) is 66.0 Å². The van der Waals surface area contributed by atoms with Crippen molar-refractivity contribution < 1.29 is 14.3 Å². The lowest BCUT2D eigenvalue weighted by atomic mass is 9.90. The van der Waals surface area contributed by atoms with E-state index in [1.54, 1.807) is 13.0 Å². The van der Waals surface area contributed by atoms with Crippen molar-refractivity contribution in [1.82, 2.24) is 19.7 Å². The number of carbonyl (C=O) groups is 1. The predicted molar refractivity (Wildman–Crippen MR) is 133 cm³/mol. The van der Waals surface area contributed by atoms with Gasteiger partial charge in [-0.2, -0.15) is 5.10 Å². The van der Waals surface area contributed by atoms with Gasteiger partial charge in [0.2, 0.25) is 0 Å². The normalized spacial score (nSPS) is 14.8. The van der Waals surface area contributed by atoms with Crippen molar-refractivity contribution >= 4 is 23.1 Å². The highest BCUT2D eigenvalue weighted by atomic mass is 16.5. The van der Waals surface area contributed by atoms with Crippen LogP contribution < -0.4 is 0 Å². The molecule has 0 spiro atoms. The zero-order valence-corrected chi connectivity index (χ0v) is 20.4. The van der Waals surface area contributed by atoms with Crippen LogP contribution in [0.15, 0.2) is 30.7 Å². The lowest BCUT2D eigenvalue weighted by Crippen LogP contribution is -2.14. The van der Waals surface area contributed by atoms with Crippen LogP contribution in [0, 0.1) is 12.8 Å². The summed E-state index contributed by atoms with van der Waals surface area (Å²) in [7, 11) is 0. The molecule has 0 saturated heterocycles. The average molecular weight is 463 g/mol. The zero-order valence-electron chi connectivity index (χ0n) is 20.4. The molecule has 0 atom stereocenters. The third kappa shape index (κ3) is 5.53. The van der Waals surface area contributed by atoms with E-state index in [1.165, 1.54) is 38.2 Å². The summed E-state index contributed by atoms with van der Waals surface area (Å²) < 4.78 is 13.2. The monoisotopic (exact) mass is 462 g/mol. The molecule has 0 radical (unpaired) electrons. The number of hydrogen-bond acceptors (Lipinski definition) is 6.